The molecule has 0 amide bonds. The first-order valence-corrected chi connectivity index (χ1v) is 13.6. The van der Waals surface area contributed by atoms with Crippen LogP contribution < -0.4 is 0 Å². The minimum Gasteiger partial charge on any atom is -0.466 e. The van der Waals surface area contributed by atoms with Crippen LogP contribution in [0.2, 0.25) is 0 Å². The molecule has 0 bridgehead atoms. The van der Waals surface area contributed by atoms with Crippen LogP contribution >= 0.6 is 11.8 Å². The maximum Gasteiger partial charge on any atom is 0.306 e. The molecule has 0 radical (unpaired) electrons. The maximum atomic E-state index is 11.8. The van der Waals surface area contributed by atoms with E-state index >= 15 is 0 Å². The van der Waals surface area contributed by atoms with Crippen molar-refractivity contribution < 1.29 is 9.53 Å². The predicted molar refractivity (Wildman–Crippen MR) is 132 cm³/mol. The van der Waals surface area contributed by atoms with E-state index in [1.807, 2.05) is 18.2 Å². The molecule has 0 atom stereocenters. The number of benzene rings is 1. The average Bonchev–Trinajstić information content (AvgIpc) is 2.76. The van der Waals surface area contributed by atoms with Crippen LogP contribution in [0.25, 0.3) is 0 Å². The van der Waals surface area contributed by atoms with Crippen molar-refractivity contribution in [1.82, 2.24) is 0 Å². The quantitative estimate of drug-likeness (QED) is 0.110. The van der Waals surface area contributed by atoms with Crippen molar-refractivity contribution in [3.05, 3.63) is 30.3 Å². The lowest BCUT2D eigenvalue weighted by atomic mass is 10.0. The van der Waals surface area contributed by atoms with Gasteiger partial charge in [0.2, 0.25) is 0 Å². The van der Waals surface area contributed by atoms with Crippen molar-refractivity contribution in [2.24, 2.45) is 0 Å². The van der Waals surface area contributed by atoms with Gasteiger partial charge >= 0.3 is 5.97 Å². The second kappa shape index (κ2) is 21.3. The van der Waals surface area contributed by atoms with Gasteiger partial charge in [0.1, 0.15) is 0 Å². The molecule has 0 unspecified atom stereocenters. The Morgan fingerprint density at radius 2 is 1.17 bits per heavy atom. The molecule has 1 rings (SSSR count). The predicted octanol–water partition coefficient (Wildman–Crippen LogP) is 8.97. The normalized spacial score (nSPS) is 11.0. The van der Waals surface area contributed by atoms with Gasteiger partial charge in [0.25, 0.3) is 0 Å². The SMILES string of the molecule is CCCCCCCCCCCCCCCCCCOC(=O)CCSc1ccccc1. The van der Waals surface area contributed by atoms with Crippen molar-refractivity contribution in [2.75, 3.05) is 12.4 Å². The fourth-order valence-corrected chi connectivity index (χ4v) is 4.53. The van der Waals surface area contributed by atoms with E-state index in [9.17, 15) is 4.79 Å². The molecule has 0 saturated heterocycles. The lowest BCUT2D eigenvalue weighted by Gasteiger charge is -2.05. The molecular weight excluding hydrogens is 388 g/mol. The molecule has 0 fully saturated rings. The Hall–Kier alpha value is -0.960. The van der Waals surface area contributed by atoms with Gasteiger partial charge in [-0.1, -0.05) is 121 Å². The summed E-state index contributed by atoms with van der Waals surface area (Å²) in [7, 11) is 0. The number of hydrogen-bond acceptors (Lipinski definition) is 3. The summed E-state index contributed by atoms with van der Waals surface area (Å²) in [5.41, 5.74) is 0. The van der Waals surface area contributed by atoms with E-state index in [0.717, 1.165) is 12.2 Å². The topological polar surface area (TPSA) is 26.3 Å². The van der Waals surface area contributed by atoms with Crippen molar-refractivity contribution in [3.63, 3.8) is 0 Å². The van der Waals surface area contributed by atoms with E-state index in [1.54, 1.807) is 11.8 Å². The summed E-state index contributed by atoms with van der Waals surface area (Å²) in [6, 6.07) is 10.2. The number of ether oxygens (including phenoxy) is 1. The zero-order chi connectivity index (χ0) is 21.5. The second-order valence-electron chi connectivity index (χ2n) is 8.44. The third kappa shape index (κ3) is 17.9. The Morgan fingerprint density at radius 3 is 1.67 bits per heavy atom. The highest BCUT2D eigenvalue weighted by molar-refractivity contribution is 7.99. The molecule has 3 heteroatoms. The van der Waals surface area contributed by atoms with Gasteiger partial charge in [-0.3, -0.25) is 4.79 Å². The molecule has 0 heterocycles. The van der Waals surface area contributed by atoms with Crippen molar-refractivity contribution in [2.45, 2.75) is 121 Å². The summed E-state index contributed by atoms with van der Waals surface area (Å²) in [4.78, 5) is 13.0. The van der Waals surface area contributed by atoms with Gasteiger partial charge in [-0.15, -0.1) is 11.8 Å². The van der Waals surface area contributed by atoms with Crippen LogP contribution in [-0.4, -0.2) is 18.3 Å². The van der Waals surface area contributed by atoms with Gasteiger partial charge in [0.05, 0.1) is 13.0 Å². The number of thioether (sulfide) groups is 1. The van der Waals surface area contributed by atoms with Gasteiger partial charge in [0, 0.05) is 10.6 Å². The van der Waals surface area contributed by atoms with Crippen LogP contribution in [0.3, 0.4) is 0 Å². The highest BCUT2D eigenvalue weighted by Gasteiger charge is 2.03. The molecule has 1 aromatic rings. The van der Waals surface area contributed by atoms with Gasteiger partial charge in [-0.2, -0.15) is 0 Å². The summed E-state index contributed by atoms with van der Waals surface area (Å²) in [5.74, 6) is 0.737. The Balaban J connectivity index is 1.73. The number of esters is 1. The first kappa shape index (κ1) is 27.1. The molecule has 172 valence electrons. The Labute approximate surface area is 190 Å². The molecule has 0 aliphatic rings. The summed E-state index contributed by atoms with van der Waals surface area (Å²) in [6.45, 7) is 2.87. The molecule has 2 nitrogen and oxygen atoms in total. The van der Waals surface area contributed by atoms with Gasteiger partial charge in [-0.25, -0.2) is 0 Å². The molecule has 0 aliphatic carbocycles. The van der Waals surface area contributed by atoms with E-state index in [0.29, 0.717) is 13.0 Å². The molecule has 1 aromatic carbocycles. The summed E-state index contributed by atoms with van der Waals surface area (Å²) < 4.78 is 5.35. The lowest BCUT2D eigenvalue weighted by Crippen LogP contribution is -2.06. The smallest absolute Gasteiger partial charge is 0.306 e. The minimum atomic E-state index is -0.0561. The van der Waals surface area contributed by atoms with E-state index in [-0.39, 0.29) is 5.97 Å². The largest absolute Gasteiger partial charge is 0.466 e. The van der Waals surface area contributed by atoms with Gasteiger partial charge in [0.15, 0.2) is 0 Å². The van der Waals surface area contributed by atoms with Crippen LogP contribution in [0.4, 0.5) is 0 Å². The third-order valence-corrected chi connectivity index (χ3v) is 6.59. The highest BCUT2D eigenvalue weighted by Crippen LogP contribution is 2.18. The lowest BCUT2D eigenvalue weighted by molar-refractivity contribution is -0.143. The first-order chi connectivity index (χ1) is 14.8. The fraction of sp³-hybridized carbons (Fsp3) is 0.741. The van der Waals surface area contributed by atoms with Crippen LogP contribution in [-0.2, 0) is 9.53 Å². The summed E-state index contributed by atoms with van der Waals surface area (Å²) in [6.07, 6.45) is 22.3. The molecule has 30 heavy (non-hydrogen) atoms. The summed E-state index contributed by atoms with van der Waals surface area (Å²) in [5, 5.41) is 0. The van der Waals surface area contributed by atoms with E-state index in [4.69, 9.17) is 4.74 Å². The van der Waals surface area contributed by atoms with Crippen LogP contribution in [0, 0.1) is 0 Å². The van der Waals surface area contributed by atoms with Crippen LogP contribution in [0.5, 0.6) is 0 Å². The summed E-state index contributed by atoms with van der Waals surface area (Å²) >= 11 is 1.71. The van der Waals surface area contributed by atoms with Crippen LogP contribution in [0.15, 0.2) is 35.2 Å². The Bertz CT molecular complexity index is 489. The Kier molecular flexibility index (Phi) is 19.2. The Morgan fingerprint density at radius 1 is 0.700 bits per heavy atom. The molecule has 0 spiro atoms. The van der Waals surface area contributed by atoms with E-state index < -0.39 is 0 Å². The third-order valence-electron chi connectivity index (χ3n) is 5.58. The number of unbranched alkanes of at least 4 members (excludes halogenated alkanes) is 15. The number of hydrogen-bond donors (Lipinski definition) is 0. The van der Waals surface area contributed by atoms with E-state index in [2.05, 4.69) is 19.1 Å². The fourth-order valence-electron chi connectivity index (χ4n) is 3.68. The van der Waals surface area contributed by atoms with Crippen molar-refractivity contribution >= 4 is 17.7 Å². The zero-order valence-corrected chi connectivity index (χ0v) is 20.4. The highest BCUT2D eigenvalue weighted by atomic mass is 32.2. The van der Waals surface area contributed by atoms with Crippen molar-refractivity contribution in [3.8, 4) is 0 Å². The first-order valence-electron chi connectivity index (χ1n) is 12.7. The monoisotopic (exact) mass is 434 g/mol. The average molecular weight is 435 g/mol. The second-order valence-corrected chi connectivity index (χ2v) is 9.60. The minimum absolute atomic E-state index is 0.0561. The zero-order valence-electron chi connectivity index (χ0n) is 19.5. The number of carbonyl (C=O) groups excluding carboxylic acids is 1. The molecule has 0 aromatic heterocycles. The standard InChI is InChI=1S/C27H46O2S/c1-2-3-4-5-6-7-8-9-10-11-12-13-14-15-16-20-24-29-27(28)23-25-30-26-21-18-17-19-22-26/h17-19,21-22H,2-16,20,23-25H2,1H3. The van der Waals surface area contributed by atoms with Crippen molar-refractivity contribution in [1.29, 1.82) is 0 Å². The number of carbonyl (C=O) groups is 1. The molecule has 0 saturated carbocycles. The maximum absolute atomic E-state index is 11.8. The molecular formula is C27H46O2S. The molecule has 0 N–H and O–H groups in total. The molecule has 0 aliphatic heterocycles. The van der Waals surface area contributed by atoms with Gasteiger partial charge < -0.3 is 4.74 Å². The van der Waals surface area contributed by atoms with Gasteiger partial charge in [-0.05, 0) is 18.6 Å². The number of rotatable bonds is 21. The van der Waals surface area contributed by atoms with Crippen LogP contribution in [0.1, 0.15) is 116 Å². The van der Waals surface area contributed by atoms with E-state index in [1.165, 1.54) is 101 Å².